The van der Waals surface area contributed by atoms with E-state index < -0.39 is 5.97 Å². The topological polar surface area (TPSA) is 146 Å². The molecule has 2 aromatic carbocycles. The first-order valence-electron chi connectivity index (χ1n) is 14.9. The van der Waals surface area contributed by atoms with Gasteiger partial charge < -0.3 is 15.3 Å². The van der Waals surface area contributed by atoms with Crippen LogP contribution in [0.15, 0.2) is 79.5 Å². The summed E-state index contributed by atoms with van der Waals surface area (Å²) in [6.45, 7) is 3.15. The minimum atomic E-state index is -0.967. The molecule has 2 fully saturated rings. The number of amides is 1. The normalized spacial score (nSPS) is 18.5. The third-order valence-corrected chi connectivity index (χ3v) is 8.85. The van der Waals surface area contributed by atoms with Crippen LogP contribution >= 0.6 is 11.6 Å². The van der Waals surface area contributed by atoms with Crippen molar-refractivity contribution in [3.8, 4) is 27.9 Å². The largest absolute Gasteiger partial charge is 0.478 e. The van der Waals surface area contributed by atoms with Gasteiger partial charge >= 0.3 is 5.97 Å². The summed E-state index contributed by atoms with van der Waals surface area (Å²) < 4.78 is 3.61. The molecule has 1 amide bonds. The van der Waals surface area contributed by atoms with Crippen molar-refractivity contribution in [2.75, 3.05) is 26.2 Å². The first kappa shape index (κ1) is 28.8. The van der Waals surface area contributed by atoms with E-state index in [2.05, 4.69) is 20.8 Å². The number of H-pyrrole nitrogens is 1. The van der Waals surface area contributed by atoms with Gasteiger partial charge in [-0.3, -0.25) is 14.5 Å². The molecule has 3 N–H and O–H groups in total. The predicted octanol–water partition coefficient (Wildman–Crippen LogP) is 3.41. The van der Waals surface area contributed by atoms with Gasteiger partial charge in [-0.15, -0.1) is 4.68 Å². The molecule has 1 unspecified atom stereocenters. The highest BCUT2D eigenvalue weighted by Gasteiger charge is 2.46. The number of tetrazole rings is 1. The van der Waals surface area contributed by atoms with Gasteiger partial charge in [-0.25, -0.2) is 4.79 Å². The molecule has 0 spiro atoms. The van der Waals surface area contributed by atoms with Gasteiger partial charge in [0.2, 0.25) is 5.91 Å². The van der Waals surface area contributed by atoms with E-state index in [4.69, 9.17) is 21.7 Å². The van der Waals surface area contributed by atoms with E-state index in [9.17, 15) is 14.7 Å². The van der Waals surface area contributed by atoms with Gasteiger partial charge in [-0.05, 0) is 60.7 Å². The fourth-order valence-electron chi connectivity index (χ4n) is 6.05. The number of rotatable bonds is 9. The number of halogens is 1. The van der Waals surface area contributed by atoms with Gasteiger partial charge in [-0.1, -0.05) is 35.0 Å². The predicted molar refractivity (Wildman–Crippen MR) is 165 cm³/mol. The first-order valence-corrected chi connectivity index (χ1v) is 15.2. The number of carboxylic acid groups (broad SMARTS) is 1. The Labute approximate surface area is 263 Å². The number of aromatic amines is 1. The molecule has 228 valence electrons. The Kier molecular flexibility index (Phi) is 7.82. The third kappa shape index (κ3) is 6.06. The molecule has 5 aromatic rings. The number of hydrogen-bond acceptors (Lipinski definition) is 7. The zero-order chi connectivity index (χ0) is 30.9. The van der Waals surface area contributed by atoms with E-state index >= 15 is 0 Å². The second kappa shape index (κ2) is 12.2. The molecule has 1 aliphatic heterocycles. The van der Waals surface area contributed by atoms with E-state index in [1.807, 2.05) is 52.3 Å². The van der Waals surface area contributed by atoms with Crippen LogP contribution in [0.5, 0.6) is 0 Å². The maximum absolute atomic E-state index is 13.2. The zero-order valence-corrected chi connectivity index (χ0v) is 25.0. The number of carbonyl (C=O) groups excluding carboxylic acids is 1. The lowest BCUT2D eigenvalue weighted by Gasteiger charge is -2.27. The Hall–Kier alpha value is -4.94. The second-order valence-electron chi connectivity index (χ2n) is 11.5. The minimum absolute atomic E-state index is 0.0116. The number of nitrogens with one attached hydrogen (secondary N) is 2. The van der Waals surface area contributed by atoms with Gasteiger partial charge in [0.15, 0.2) is 5.21 Å². The van der Waals surface area contributed by atoms with Crippen LogP contribution in [0.1, 0.15) is 34.9 Å². The van der Waals surface area contributed by atoms with Crippen LogP contribution < -0.4 is 10.00 Å². The number of aromatic nitrogens is 7. The Morgan fingerprint density at radius 2 is 1.82 bits per heavy atom. The van der Waals surface area contributed by atoms with Crippen LogP contribution in [0, 0.1) is 11.8 Å². The minimum Gasteiger partial charge on any atom is -0.478 e. The number of carboxylic acids is 1. The summed E-state index contributed by atoms with van der Waals surface area (Å²) in [6, 6.07) is 16.1. The molecular formula is C32H31ClN9O3+. The summed E-state index contributed by atoms with van der Waals surface area (Å²) in [7, 11) is 0. The van der Waals surface area contributed by atoms with Gasteiger partial charge in [0.1, 0.15) is 10.8 Å². The standard InChI is InChI=1S/C32H30ClN9O3/c33-25-6-8-29(42-19-36-38-39-42)26(15-25)22-5-7-28(35-16-22)30(14-23-13-27(23)31(43)40-11-9-34-10-12-40)41-18-24(17-37-41)20-1-3-21(4-2-20)32(44)45/h1-8,15-19,23,27,30,34H,9-14H2,(H,44,45)/p+1/t23-,27-,30?/m0/s1. The highest BCUT2D eigenvalue weighted by molar-refractivity contribution is 6.31. The smallest absolute Gasteiger partial charge is 0.335 e. The number of pyridine rings is 1. The fraction of sp³-hybridized carbons (Fsp3) is 0.281. The van der Waals surface area contributed by atoms with Crippen LogP contribution in [0.2, 0.25) is 5.02 Å². The SMILES string of the molecule is O=C(O)c1ccc(-c2cnn(C(C[C@@H]3C[C@@H]3C(=O)N3CCNCC3)c3ccc(-c4cc(Cl)ccc4-[n+]4cnn[nH]4)cn3)c2)cc1. The Balaban J connectivity index is 1.18. The zero-order valence-electron chi connectivity index (χ0n) is 24.3. The first-order chi connectivity index (χ1) is 21.9. The lowest BCUT2D eigenvalue weighted by molar-refractivity contribution is -0.659. The quantitative estimate of drug-likeness (QED) is 0.212. The Morgan fingerprint density at radius 1 is 1.02 bits per heavy atom. The van der Waals surface area contributed by atoms with Gasteiger partial charge in [0, 0.05) is 66.2 Å². The van der Waals surface area contributed by atoms with Crippen molar-refractivity contribution in [3.63, 3.8) is 0 Å². The van der Waals surface area contributed by atoms with Crippen LogP contribution in [0.25, 0.3) is 27.9 Å². The molecule has 4 heterocycles. The second-order valence-corrected chi connectivity index (χ2v) is 11.9. The number of benzene rings is 2. The number of aromatic carboxylic acids is 1. The molecular weight excluding hydrogens is 594 g/mol. The highest BCUT2D eigenvalue weighted by Crippen LogP contribution is 2.46. The van der Waals surface area contributed by atoms with Gasteiger partial charge in [-0.2, -0.15) is 5.10 Å². The average Bonchev–Trinajstić information content (AvgIpc) is 3.40. The summed E-state index contributed by atoms with van der Waals surface area (Å²) in [5.74, 6) is -0.490. The van der Waals surface area contributed by atoms with Crippen molar-refractivity contribution in [1.29, 1.82) is 0 Å². The molecule has 3 aromatic heterocycles. The molecule has 1 aliphatic carbocycles. The van der Waals surface area contributed by atoms with Crippen molar-refractivity contribution in [2.24, 2.45) is 11.8 Å². The van der Waals surface area contributed by atoms with Crippen LogP contribution in [0.4, 0.5) is 0 Å². The summed E-state index contributed by atoms with van der Waals surface area (Å²) in [5.41, 5.74) is 5.35. The molecule has 13 heteroatoms. The van der Waals surface area contributed by atoms with Crippen molar-refractivity contribution >= 4 is 23.5 Å². The molecule has 1 saturated carbocycles. The van der Waals surface area contributed by atoms with E-state index in [-0.39, 0.29) is 29.3 Å². The van der Waals surface area contributed by atoms with Gasteiger partial charge in [0.05, 0.1) is 23.5 Å². The molecule has 2 aliphatic rings. The average molecular weight is 625 g/mol. The molecule has 0 radical (unpaired) electrons. The van der Waals surface area contributed by atoms with Gasteiger partial charge in [0.25, 0.3) is 6.33 Å². The molecule has 45 heavy (non-hydrogen) atoms. The Morgan fingerprint density at radius 3 is 2.53 bits per heavy atom. The van der Waals surface area contributed by atoms with Crippen molar-refractivity contribution in [3.05, 3.63) is 95.8 Å². The summed E-state index contributed by atoms with van der Waals surface area (Å²) in [6.07, 6.45) is 8.72. The summed E-state index contributed by atoms with van der Waals surface area (Å²) >= 11 is 6.38. The van der Waals surface area contributed by atoms with Crippen molar-refractivity contribution in [1.82, 2.24) is 40.5 Å². The molecule has 1 saturated heterocycles. The molecule has 7 rings (SSSR count). The fourth-order valence-corrected chi connectivity index (χ4v) is 6.22. The number of carbonyl (C=O) groups is 2. The van der Waals surface area contributed by atoms with Crippen molar-refractivity contribution in [2.45, 2.75) is 18.9 Å². The van der Waals surface area contributed by atoms with Crippen LogP contribution in [-0.4, -0.2) is 78.4 Å². The summed E-state index contributed by atoms with van der Waals surface area (Å²) in [4.78, 5) is 31.5. The van der Waals surface area contributed by atoms with E-state index in [0.717, 1.165) is 66.2 Å². The van der Waals surface area contributed by atoms with Crippen LogP contribution in [0.3, 0.4) is 0 Å². The Bertz CT molecular complexity index is 1820. The molecule has 3 atom stereocenters. The molecule has 12 nitrogen and oxygen atoms in total. The van der Waals surface area contributed by atoms with Crippen molar-refractivity contribution < 1.29 is 19.4 Å². The highest BCUT2D eigenvalue weighted by atomic mass is 35.5. The number of piperazine rings is 1. The van der Waals surface area contributed by atoms with E-state index in [0.29, 0.717) is 11.4 Å². The summed E-state index contributed by atoms with van der Waals surface area (Å²) in [5, 5.41) is 28.5. The van der Waals surface area contributed by atoms with E-state index in [1.165, 1.54) is 0 Å². The maximum Gasteiger partial charge on any atom is 0.335 e. The van der Waals surface area contributed by atoms with E-state index in [1.54, 1.807) is 41.5 Å². The number of hydrogen-bond donors (Lipinski definition) is 3. The monoisotopic (exact) mass is 624 g/mol. The molecule has 0 bridgehead atoms. The maximum atomic E-state index is 13.2. The lowest BCUT2D eigenvalue weighted by atomic mass is 10.0. The third-order valence-electron chi connectivity index (χ3n) is 8.61. The number of nitrogens with zero attached hydrogens (tertiary/aromatic N) is 7. The van der Waals surface area contributed by atoms with Crippen LogP contribution in [-0.2, 0) is 4.79 Å². The lowest BCUT2D eigenvalue weighted by Crippen LogP contribution is -2.47.